The molecule has 1 aromatic carbocycles. The van der Waals surface area contributed by atoms with E-state index in [1.54, 1.807) is 12.4 Å². The van der Waals surface area contributed by atoms with Crippen molar-refractivity contribution in [3.8, 4) is 0 Å². The van der Waals surface area contributed by atoms with Gasteiger partial charge in [-0.05, 0) is 23.8 Å². The van der Waals surface area contributed by atoms with E-state index in [1.807, 2.05) is 30.3 Å². The number of hydrogen-bond donors (Lipinski definition) is 2. The minimum atomic E-state index is -0.511. The van der Waals surface area contributed by atoms with Crippen LogP contribution < -0.4 is 10.6 Å². The van der Waals surface area contributed by atoms with Crippen molar-refractivity contribution in [3.05, 3.63) is 48.3 Å². The smallest absolute Gasteiger partial charge is 0.225 e. The maximum Gasteiger partial charge on any atom is 0.225 e. The molecule has 0 spiro atoms. The Bertz CT molecular complexity index is 598. The van der Waals surface area contributed by atoms with Gasteiger partial charge < -0.3 is 15.7 Å². The van der Waals surface area contributed by atoms with E-state index in [1.165, 1.54) is 0 Å². The quantitative estimate of drug-likeness (QED) is 0.817. The molecular weight excluding hydrogens is 278 g/mol. The van der Waals surface area contributed by atoms with Crippen LogP contribution in [0.25, 0.3) is 0 Å². The molecule has 0 radical (unpaired) electrons. The van der Waals surface area contributed by atoms with Crippen molar-refractivity contribution in [1.82, 2.24) is 14.9 Å². The summed E-state index contributed by atoms with van der Waals surface area (Å²) in [7, 11) is 0. The summed E-state index contributed by atoms with van der Waals surface area (Å²) in [5.74, 6) is 0.776. The largest absolute Gasteiger partial charge is 0.399 e. The van der Waals surface area contributed by atoms with Crippen molar-refractivity contribution in [2.45, 2.75) is 6.10 Å². The monoisotopic (exact) mass is 299 g/mol. The minimum absolute atomic E-state index is 0.511. The second-order valence-electron chi connectivity index (χ2n) is 5.52. The molecule has 1 aliphatic rings. The highest BCUT2D eigenvalue weighted by molar-refractivity contribution is 5.41. The maximum atomic E-state index is 10.3. The molecule has 2 heterocycles. The number of aromatic nitrogens is 2. The third-order valence-corrected chi connectivity index (χ3v) is 3.93. The van der Waals surface area contributed by atoms with Crippen LogP contribution in [0.5, 0.6) is 0 Å². The Morgan fingerprint density at radius 3 is 2.50 bits per heavy atom. The van der Waals surface area contributed by atoms with E-state index in [2.05, 4.69) is 19.8 Å². The van der Waals surface area contributed by atoms with Gasteiger partial charge in [-0.3, -0.25) is 4.90 Å². The van der Waals surface area contributed by atoms with E-state index in [0.717, 1.165) is 37.7 Å². The lowest BCUT2D eigenvalue weighted by Crippen LogP contribution is -2.48. The van der Waals surface area contributed by atoms with E-state index >= 15 is 0 Å². The summed E-state index contributed by atoms with van der Waals surface area (Å²) in [4.78, 5) is 13.0. The van der Waals surface area contributed by atoms with E-state index in [9.17, 15) is 5.11 Å². The van der Waals surface area contributed by atoms with Gasteiger partial charge in [-0.1, -0.05) is 12.1 Å². The molecule has 2 aromatic rings. The second kappa shape index (κ2) is 6.72. The number of piperazine rings is 1. The van der Waals surface area contributed by atoms with Gasteiger partial charge in [-0.25, -0.2) is 9.97 Å². The number of benzene rings is 1. The van der Waals surface area contributed by atoms with Crippen molar-refractivity contribution < 1.29 is 5.11 Å². The third-order valence-electron chi connectivity index (χ3n) is 3.93. The highest BCUT2D eigenvalue weighted by Crippen LogP contribution is 2.18. The van der Waals surface area contributed by atoms with Gasteiger partial charge in [0.05, 0.1) is 6.10 Å². The van der Waals surface area contributed by atoms with Crippen molar-refractivity contribution in [1.29, 1.82) is 0 Å². The maximum absolute atomic E-state index is 10.3. The van der Waals surface area contributed by atoms with Crippen LogP contribution in [-0.2, 0) is 0 Å². The first-order chi connectivity index (χ1) is 10.7. The molecule has 1 saturated heterocycles. The summed E-state index contributed by atoms with van der Waals surface area (Å²) in [6.45, 7) is 4.13. The van der Waals surface area contributed by atoms with Crippen LogP contribution in [0.1, 0.15) is 11.7 Å². The third kappa shape index (κ3) is 3.52. The minimum Gasteiger partial charge on any atom is -0.399 e. The first-order valence-corrected chi connectivity index (χ1v) is 7.50. The molecule has 1 unspecified atom stereocenters. The molecule has 22 heavy (non-hydrogen) atoms. The second-order valence-corrected chi connectivity index (χ2v) is 5.52. The Morgan fingerprint density at radius 2 is 1.82 bits per heavy atom. The van der Waals surface area contributed by atoms with Gasteiger partial charge in [0.1, 0.15) is 0 Å². The highest BCUT2D eigenvalue weighted by Gasteiger charge is 2.21. The number of nitrogens with two attached hydrogens (primary N) is 1. The Balaban J connectivity index is 1.54. The van der Waals surface area contributed by atoms with Crippen LogP contribution in [0.4, 0.5) is 11.6 Å². The number of nitrogens with zero attached hydrogens (tertiary/aromatic N) is 4. The molecule has 3 rings (SSSR count). The highest BCUT2D eigenvalue weighted by atomic mass is 16.3. The number of rotatable bonds is 4. The van der Waals surface area contributed by atoms with Gasteiger partial charge in [0.25, 0.3) is 0 Å². The standard InChI is InChI=1S/C16H21N5O/c17-14-4-1-3-13(11-14)15(22)12-20-7-9-21(10-8-20)16-18-5-2-6-19-16/h1-6,11,15,22H,7-10,12,17H2. The predicted molar refractivity (Wildman–Crippen MR) is 86.5 cm³/mol. The van der Waals surface area contributed by atoms with Gasteiger partial charge in [-0.15, -0.1) is 0 Å². The lowest BCUT2D eigenvalue weighted by molar-refractivity contribution is 0.109. The van der Waals surface area contributed by atoms with Crippen LogP contribution >= 0.6 is 0 Å². The van der Waals surface area contributed by atoms with Gasteiger partial charge >= 0.3 is 0 Å². The lowest BCUT2D eigenvalue weighted by atomic mass is 10.1. The van der Waals surface area contributed by atoms with Crippen LogP contribution in [0.3, 0.4) is 0 Å². The number of β-amino-alcohol motifs (C(OH)–C–C–N with tert-alkyl or cyclic N) is 1. The van der Waals surface area contributed by atoms with E-state index in [4.69, 9.17) is 5.73 Å². The van der Waals surface area contributed by atoms with Crippen molar-refractivity contribution in [2.24, 2.45) is 0 Å². The fraction of sp³-hybridized carbons (Fsp3) is 0.375. The summed E-state index contributed by atoms with van der Waals surface area (Å²) in [6.07, 6.45) is 3.01. The topological polar surface area (TPSA) is 78.5 Å². The van der Waals surface area contributed by atoms with Crippen LogP contribution in [0.15, 0.2) is 42.7 Å². The fourth-order valence-electron chi connectivity index (χ4n) is 2.70. The Labute approximate surface area is 130 Å². The number of anilines is 2. The van der Waals surface area contributed by atoms with Crippen LogP contribution in [0, 0.1) is 0 Å². The average Bonchev–Trinajstić information content (AvgIpc) is 2.56. The number of nitrogen functional groups attached to an aromatic ring is 1. The van der Waals surface area contributed by atoms with E-state index in [0.29, 0.717) is 12.2 Å². The normalized spacial score (nSPS) is 17.4. The van der Waals surface area contributed by atoms with Gasteiger partial charge in [-0.2, -0.15) is 0 Å². The molecule has 0 bridgehead atoms. The molecule has 116 valence electrons. The summed E-state index contributed by atoms with van der Waals surface area (Å²) >= 11 is 0. The number of aliphatic hydroxyl groups excluding tert-OH is 1. The zero-order chi connectivity index (χ0) is 15.4. The Hall–Kier alpha value is -2.18. The van der Waals surface area contributed by atoms with Crippen LogP contribution in [-0.4, -0.2) is 52.7 Å². The molecule has 1 fully saturated rings. The molecule has 0 saturated carbocycles. The zero-order valence-corrected chi connectivity index (χ0v) is 12.5. The average molecular weight is 299 g/mol. The van der Waals surface area contributed by atoms with Crippen molar-refractivity contribution >= 4 is 11.6 Å². The molecule has 3 N–H and O–H groups in total. The summed E-state index contributed by atoms with van der Waals surface area (Å²) in [5, 5.41) is 10.3. The fourth-order valence-corrected chi connectivity index (χ4v) is 2.70. The molecule has 1 atom stereocenters. The molecule has 6 nitrogen and oxygen atoms in total. The molecule has 6 heteroatoms. The summed E-state index contributed by atoms with van der Waals surface area (Å²) in [5.41, 5.74) is 7.32. The summed E-state index contributed by atoms with van der Waals surface area (Å²) in [6, 6.07) is 9.27. The molecular formula is C16H21N5O. The molecule has 0 aliphatic carbocycles. The van der Waals surface area contributed by atoms with Gasteiger partial charge in [0.15, 0.2) is 0 Å². The first kappa shape index (κ1) is 14.7. The Morgan fingerprint density at radius 1 is 1.09 bits per heavy atom. The Kier molecular flexibility index (Phi) is 4.50. The van der Waals surface area contributed by atoms with Crippen LogP contribution in [0.2, 0.25) is 0 Å². The van der Waals surface area contributed by atoms with Crippen molar-refractivity contribution in [3.63, 3.8) is 0 Å². The number of aliphatic hydroxyl groups is 1. The molecule has 1 aromatic heterocycles. The van der Waals surface area contributed by atoms with Crippen molar-refractivity contribution in [2.75, 3.05) is 43.4 Å². The van der Waals surface area contributed by atoms with Gasteiger partial charge in [0.2, 0.25) is 5.95 Å². The zero-order valence-electron chi connectivity index (χ0n) is 12.5. The number of hydrogen-bond acceptors (Lipinski definition) is 6. The molecule has 0 amide bonds. The molecule has 1 aliphatic heterocycles. The van der Waals surface area contributed by atoms with Gasteiger partial charge in [0, 0.05) is 50.8 Å². The first-order valence-electron chi connectivity index (χ1n) is 7.50. The summed E-state index contributed by atoms with van der Waals surface area (Å²) < 4.78 is 0. The SMILES string of the molecule is Nc1cccc(C(O)CN2CCN(c3ncccn3)CC2)c1. The van der Waals surface area contributed by atoms with E-state index < -0.39 is 6.10 Å². The predicted octanol–water partition coefficient (Wildman–Crippen LogP) is 0.914. The van der Waals surface area contributed by atoms with E-state index in [-0.39, 0.29) is 0 Å². The lowest BCUT2D eigenvalue weighted by Gasteiger charge is -2.35.